The maximum absolute atomic E-state index is 4.77. The van der Waals surface area contributed by atoms with E-state index in [0.29, 0.717) is 0 Å². The number of aromatic nitrogens is 1. The Morgan fingerprint density at radius 3 is 2.75 bits per heavy atom. The Balaban J connectivity index is 2.19. The van der Waals surface area contributed by atoms with Gasteiger partial charge in [0.15, 0.2) is 5.82 Å². The van der Waals surface area contributed by atoms with E-state index in [2.05, 4.69) is 50.2 Å². The number of hydrogen-bond acceptors (Lipinski definition) is 3. The Hall–Kier alpha value is -1.48. The SMILES string of the molecule is C=C1CN(C(C)(C)C)CC/C1=N/c1ncccc1CC. The minimum atomic E-state index is 0.189. The highest BCUT2D eigenvalue weighted by Crippen LogP contribution is 2.24. The Bertz CT molecular complexity index is 523. The molecule has 1 saturated heterocycles. The van der Waals surface area contributed by atoms with E-state index in [1.54, 1.807) is 0 Å². The summed E-state index contributed by atoms with van der Waals surface area (Å²) in [6.07, 6.45) is 3.72. The van der Waals surface area contributed by atoms with E-state index in [1.807, 2.05) is 12.3 Å². The predicted octanol–water partition coefficient (Wildman–Crippen LogP) is 3.78. The molecule has 3 heteroatoms. The molecule has 1 aromatic heterocycles. The number of hydrogen-bond donors (Lipinski definition) is 0. The van der Waals surface area contributed by atoms with Crippen LogP contribution in [0, 0.1) is 0 Å². The van der Waals surface area contributed by atoms with E-state index in [0.717, 1.165) is 43.0 Å². The first kappa shape index (κ1) is 14.9. The van der Waals surface area contributed by atoms with Gasteiger partial charge in [-0.15, -0.1) is 0 Å². The third-order valence-electron chi connectivity index (χ3n) is 3.85. The van der Waals surface area contributed by atoms with Gasteiger partial charge >= 0.3 is 0 Å². The molecule has 2 heterocycles. The average molecular weight is 271 g/mol. The van der Waals surface area contributed by atoms with Crippen LogP contribution >= 0.6 is 0 Å². The number of pyridine rings is 1. The van der Waals surface area contributed by atoms with E-state index < -0.39 is 0 Å². The molecule has 0 N–H and O–H groups in total. The molecule has 1 aliphatic heterocycles. The molecule has 1 fully saturated rings. The number of likely N-dealkylation sites (tertiary alicyclic amines) is 1. The van der Waals surface area contributed by atoms with Crippen molar-refractivity contribution in [1.29, 1.82) is 0 Å². The molecule has 0 unspecified atom stereocenters. The Morgan fingerprint density at radius 2 is 2.15 bits per heavy atom. The van der Waals surface area contributed by atoms with E-state index >= 15 is 0 Å². The number of nitrogens with zero attached hydrogens (tertiary/aromatic N) is 3. The summed E-state index contributed by atoms with van der Waals surface area (Å²) in [7, 11) is 0. The largest absolute Gasteiger partial charge is 0.294 e. The summed E-state index contributed by atoms with van der Waals surface area (Å²) in [5, 5.41) is 0. The van der Waals surface area contributed by atoms with Crippen molar-refractivity contribution in [1.82, 2.24) is 9.88 Å². The van der Waals surface area contributed by atoms with Gasteiger partial charge in [-0.3, -0.25) is 4.90 Å². The van der Waals surface area contributed by atoms with Gasteiger partial charge in [-0.1, -0.05) is 19.6 Å². The van der Waals surface area contributed by atoms with Gasteiger partial charge in [0, 0.05) is 37.0 Å². The molecule has 1 aromatic rings. The van der Waals surface area contributed by atoms with Crippen LogP contribution in [0.4, 0.5) is 5.82 Å². The molecule has 0 aromatic carbocycles. The first-order chi connectivity index (χ1) is 9.41. The van der Waals surface area contributed by atoms with Crippen molar-refractivity contribution < 1.29 is 0 Å². The van der Waals surface area contributed by atoms with Crippen LogP contribution in [0.3, 0.4) is 0 Å². The predicted molar refractivity (Wildman–Crippen MR) is 85.8 cm³/mol. The maximum Gasteiger partial charge on any atom is 0.155 e. The van der Waals surface area contributed by atoms with Crippen LogP contribution in [-0.4, -0.2) is 34.2 Å². The summed E-state index contributed by atoms with van der Waals surface area (Å²) in [5.74, 6) is 0.857. The van der Waals surface area contributed by atoms with Gasteiger partial charge in [-0.2, -0.15) is 0 Å². The van der Waals surface area contributed by atoms with Gasteiger partial charge in [0.05, 0.1) is 0 Å². The summed E-state index contributed by atoms with van der Waals surface area (Å²) in [6, 6.07) is 4.07. The fourth-order valence-corrected chi connectivity index (χ4v) is 2.46. The highest BCUT2D eigenvalue weighted by atomic mass is 15.2. The molecule has 0 aliphatic carbocycles. The lowest BCUT2D eigenvalue weighted by Gasteiger charge is -2.39. The number of aryl methyl sites for hydroxylation is 1. The monoisotopic (exact) mass is 271 g/mol. The number of piperidine rings is 1. The smallest absolute Gasteiger partial charge is 0.155 e. The van der Waals surface area contributed by atoms with Crippen LogP contribution < -0.4 is 0 Å². The van der Waals surface area contributed by atoms with Crippen molar-refractivity contribution in [2.24, 2.45) is 4.99 Å². The first-order valence-corrected chi connectivity index (χ1v) is 7.36. The summed E-state index contributed by atoms with van der Waals surface area (Å²) in [4.78, 5) is 11.6. The number of rotatable bonds is 2. The van der Waals surface area contributed by atoms with Crippen LogP contribution in [0.15, 0.2) is 35.5 Å². The van der Waals surface area contributed by atoms with Crippen LogP contribution in [-0.2, 0) is 6.42 Å². The van der Waals surface area contributed by atoms with Crippen molar-refractivity contribution in [2.75, 3.05) is 13.1 Å². The molecular formula is C17H25N3. The molecule has 20 heavy (non-hydrogen) atoms. The second-order valence-corrected chi connectivity index (χ2v) is 6.34. The molecule has 0 spiro atoms. The zero-order chi connectivity index (χ0) is 14.8. The van der Waals surface area contributed by atoms with Gasteiger partial charge in [-0.05, 0) is 44.4 Å². The van der Waals surface area contributed by atoms with Crippen LogP contribution in [0.25, 0.3) is 0 Å². The first-order valence-electron chi connectivity index (χ1n) is 7.36. The lowest BCUT2D eigenvalue weighted by molar-refractivity contribution is 0.151. The van der Waals surface area contributed by atoms with E-state index in [4.69, 9.17) is 4.99 Å². The fraction of sp³-hybridized carbons (Fsp3) is 0.529. The highest BCUT2D eigenvalue weighted by molar-refractivity contribution is 6.02. The minimum absolute atomic E-state index is 0.189. The maximum atomic E-state index is 4.77. The topological polar surface area (TPSA) is 28.5 Å². The van der Waals surface area contributed by atoms with E-state index in [-0.39, 0.29) is 5.54 Å². The molecule has 0 amide bonds. The third-order valence-corrected chi connectivity index (χ3v) is 3.85. The quantitative estimate of drug-likeness (QED) is 0.819. The van der Waals surface area contributed by atoms with Crippen molar-refractivity contribution in [2.45, 2.75) is 46.1 Å². The summed E-state index contributed by atoms with van der Waals surface area (Å²) >= 11 is 0. The summed E-state index contributed by atoms with van der Waals surface area (Å²) < 4.78 is 0. The normalized spacial score (nSPS) is 19.6. The molecule has 3 nitrogen and oxygen atoms in total. The molecule has 2 rings (SSSR count). The Morgan fingerprint density at radius 1 is 1.40 bits per heavy atom. The average Bonchev–Trinajstić information content (AvgIpc) is 2.40. The standard InChI is InChI=1S/C17H25N3/c1-6-14-8-7-10-18-16(14)19-15-9-11-20(12-13(15)2)17(3,4)5/h7-8,10H,2,6,9,11-12H2,1,3-5H3/b19-15-. The zero-order valence-corrected chi connectivity index (χ0v) is 13.1. The van der Waals surface area contributed by atoms with Gasteiger partial charge in [-0.25, -0.2) is 9.98 Å². The van der Waals surface area contributed by atoms with Crippen LogP contribution in [0.2, 0.25) is 0 Å². The van der Waals surface area contributed by atoms with Gasteiger partial charge in [0.2, 0.25) is 0 Å². The lowest BCUT2D eigenvalue weighted by Crippen LogP contribution is -2.47. The van der Waals surface area contributed by atoms with Crippen LogP contribution in [0.1, 0.15) is 39.7 Å². The van der Waals surface area contributed by atoms with Gasteiger partial charge in [0.25, 0.3) is 0 Å². The second-order valence-electron chi connectivity index (χ2n) is 6.34. The van der Waals surface area contributed by atoms with Crippen molar-refractivity contribution in [3.8, 4) is 0 Å². The van der Waals surface area contributed by atoms with Crippen LogP contribution in [0.5, 0.6) is 0 Å². The van der Waals surface area contributed by atoms with Gasteiger partial charge in [0.1, 0.15) is 0 Å². The summed E-state index contributed by atoms with van der Waals surface area (Å²) in [5.41, 5.74) is 3.62. The Kier molecular flexibility index (Phi) is 4.39. The molecule has 0 saturated carbocycles. The number of aliphatic imine (C=N–C) groups is 1. The molecule has 1 aliphatic rings. The summed E-state index contributed by atoms with van der Waals surface area (Å²) in [6.45, 7) is 15.0. The third kappa shape index (κ3) is 3.34. The molecular weight excluding hydrogens is 246 g/mol. The fourth-order valence-electron chi connectivity index (χ4n) is 2.46. The zero-order valence-electron chi connectivity index (χ0n) is 13.1. The lowest BCUT2D eigenvalue weighted by atomic mass is 9.97. The van der Waals surface area contributed by atoms with Crippen molar-refractivity contribution in [3.05, 3.63) is 36.0 Å². The Labute approximate surface area is 122 Å². The molecule has 108 valence electrons. The van der Waals surface area contributed by atoms with Crippen molar-refractivity contribution >= 4 is 11.5 Å². The van der Waals surface area contributed by atoms with E-state index in [1.165, 1.54) is 5.56 Å². The second kappa shape index (κ2) is 5.88. The molecule has 0 bridgehead atoms. The molecule has 0 atom stereocenters. The van der Waals surface area contributed by atoms with Gasteiger partial charge < -0.3 is 0 Å². The van der Waals surface area contributed by atoms with E-state index in [9.17, 15) is 0 Å². The molecule has 0 radical (unpaired) electrons. The minimum Gasteiger partial charge on any atom is -0.294 e. The highest BCUT2D eigenvalue weighted by Gasteiger charge is 2.27. The van der Waals surface area contributed by atoms with Crippen molar-refractivity contribution in [3.63, 3.8) is 0 Å².